The number of phenolic OH excluding ortho intramolecular Hbond substituents is 2. The van der Waals surface area contributed by atoms with Crippen molar-refractivity contribution in [3.8, 4) is 11.5 Å². The van der Waals surface area contributed by atoms with Crippen LogP contribution in [0, 0.1) is 0 Å². The van der Waals surface area contributed by atoms with Gasteiger partial charge in [-0.25, -0.2) is 0 Å². The SMILES string of the molecule is Oc1ccccc1C=NC1CCCCC1.Oc1ccccc1C=NC1CCCCC1.[Co]. The summed E-state index contributed by atoms with van der Waals surface area (Å²) in [5.41, 5.74) is 1.64. The van der Waals surface area contributed by atoms with Crippen LogP contribution in [-0.4, -0.2) is 34.7 Å². The second-order valence-corrected chi connectivity index (χ2v) is 8.26. The Hall–Kier alpha value is -2.11. The fourth-order valence-corrected chi connectivity index (χ4v) is 4.03. The third kappa shape index (κ3) is 8.88. The molecule has 0 amide bonds. The van der Waals surface area contributed by atoms with Gasteiger partial charge in [0.1, 0.15) is 11.5 Å². The molecule has 0 spiro atoms. The maximum absolute atomic E-state index is 9.55. The smallest absolute Gasteiger partial charge is 0.124 e. The summed E-state index contributed by atoms with van der Waals surface area (Å²) in [7, 11) is 0. The molecule has 2 aliphatic rings. The van der Waals surface area contributed by atoms with Crippen molar-refractivity contribution in [1.29, 1.82) is 0 Å². The fraction of sp³-hybridized carbons (Fsp3) is 0.462. The number of benzene rings is 2. The standard InChI is InChI=1S/2C13H17NO.Co/c2*15-13-9-5-4-6-11(13)10-14-12-7-2-1-3-8-12;/h2*4-6,9-10,12,15H,1-3,7-8H2;. The van der Waals surface area contributed by atoms with E-state index in [2.05, 4.69) is 9.98 Å². The molecule has 0 aliphatic heterocycles. The number of nitrogens with zero attached hydrogens (tertiary/aromatic N) is 2. The average molecular weight is 466 g/mol. The van der Waals surface area contributed by atoms with Gasteiger partial charge in [-0.15, -0.1) is 0 Å². The van der Waals surface area contributed by atoms with Crippen LogP contribution in [-0.2, 0) is 16.8 Å². The van der Waals surface area contributed by atoms with Crippen molar-refractivity contribution < 1.29 is 27.0 Å². The topological polar surface area (TPSA) is 65.2 Å². The summed E-state index contributed by atoms with van der Waals surface area (Å²) in [4.78, 5) is 9.06. The van der Waals surface area contributed by atoms with E-state index < -0.39 is 0 Å². The Morgan fingerprint density at radius 3 is 1.29 bits per heavy atom. The number of phenols is 2. The van der Waals surface area contributed by atoms with Crippen molar-refractivity contribution in [3.63, 3.8) is 0 Å². The number of hydrogen-bond donors (Lipinski definition) is 2. The van der Waals surface area contributed by atoms with Gasteiger partial charge in [0.05, 0.1) is 0 Å². The number of hydrogen-bond acceptors (Lipinski definition) is 4. The minimum Gasteiger partial charge on any atom is -0.507 e. The summed E-state index contributed by atoms with van der Waals surface area (Å²) in [5.74, 6) is 0.633. The second kappa shape index (κ2) is 14.0. The van der Waals surface area contributed by atoms with E-state index in [9.17, 15) is 10.2 Å². The molecular weight excluding hydrogens is 431 g/mol. The predicted octanol–water partition coefficient (Wildman–Crippen LogP) is 6.29. The fourth-order valence-electron chi connectivity index (χ4n) is 4.03. The first kappa shape index (κ1) is 25.1. The third-order valence-electron chi connectivity index (χ3n) is 5.87. The van der Waals surface area contributed by atoms with Gasteiger partial charge in [-0.3, -0.25) is 9.98 Å². The van der Waals surface area contributed by atoms with Crippen molar-refractivity contribution in [3.05, 3.63) is 59.7 Å². The van der Waals surface area contributed by atoms with E-state index >= 15 is 0 Å². The van der Waals surface area contributed by atoms with Crippen molar-refractivity contribution in [2.24, 2.45) is 9.98 Å². The van der Waals surface area contributed by atoms with E-state index in [1.54, 1.807) is 12.1 Å². The summed E-state index contributed by atoms with van der Waals surface area (Å²) < 4.78 is 0. The average Bonchev–Trinajstić information content (AvgIpc) is 2.80. The Morgan fingerprint density at radius 2 is 0.935 bits per heavy atom. The van der Waals surface area contributed by atoms with Crippen LogP contribution in [0.25, 0.3) is 0 Å². The zero-order chi connectivity index (χ0) is 21.0. The molecule has 0 atom stereocenters. The van der Waals surface area contributed by atoms with E-state index in [1.807, 2.05) is 48.8 Å². The Balaban J connectivity index is 0.000000213. The van der Waals surface area contributed by atoms with E-state index in [1.165, 1.54) is 64.2 Å². The Labute approximate surface area is 196 Å². The van der Waals surface area contributed by atoms with Gasteiger partial charge in [0, 0.05) is 52.4 Å². The number of aliphatic imine (C=N–C) groups is 2. The zero-order valence-corrected chi connectivity index (χ0v) is 19.2. The van der Waals surface area contributed by atoms with E-state index in [0.717, 1.165) is 11.1 Å². The van der Waals surface area contributed by atoms with E-state index in [-0.39, 0.29) is 16.8 Å². The molecule has 0 bridgehead atoms. The minimum absolute atomic E-state index is 0. The van der Waals surface area contributed by atoms with Gasteiger partial charge < -0.3 is 10.2 Å². The van der Waals surface area contributed by atoms with Crippen LogP contribution >= 0.6 is 0 Å². The minimum atomic E-state index is 0. The Bertz CT molecular complexity index is 756. The Morgan fingerprint density at radius 1 is 0.581 bits per heavy atom. The molecule has 31 heavy (non-hydrogen) atoms. The molecular formula is C26H34CoN2O2. The molecule has 0 heterocycles. The van der Waals surface area contributed by atoms with E-state index in [4.69, 9.17) is 0 Å². The van der Waals surface area contributed by atoms with Crippen LogP contribution in [0.2, 0.25) is 0 Å². The number of para-hydroxylation sites is 2. The summed E-state index contributed by atoms with van der Waals surface area (Å²) in [6.45, 7) is 0. The zero-order valence-electron chi connectivity index (χ0n) is 18.1. The molecule has 2 aliphatic carbocycles. The van der Waals surface area contributed by atoms with E-state index in [0.29, 0.717) is 23.6 Å². The molecule has 4 rings (SSSR count). The molecule has 2 saturated carbocycles. The first-order valence-electron chi connectivity index (χ1n) is 11.3. The molecule has 169 valence electrons. The molecule has 2 aromatic carbocycles. The molecule has 4 nitrogen and oxygen atoms in total. The maximum Gasteiger partial charge on any atom is 0.124 e. The normalized spacial score (nSPS) is 17.8. The molecule has 2 aromatic rings. The summed E-state index contributed by atoms with van der Waals surface area (Å²) in [6, 6.07) is 15.6. The van der Waals surface area contributed by atoms with Crippen LogP contribution in [0.3, 0.4) is 0 Å². The first-order chi connectivity index (χ1) is 14.7. The summed E-state index contributed by atoms with van der Waals surface area (Å²) >= 11 is 0. The van der Waals surface area contributed by atoms with Gasteiger partial charge in [0.25, 0.3) is 0 Å². The Kier molecular flexibility index (Phi) is 11.4. The number of aromatic hydroxyl groups is 2. The van der Waals surface area contributed by atoms with Crippen molar-refractivity contribution >= 4 is 12.4 Å². The van der Waals surface area contributed by atoms with Crippen LogP contribution in [0.4, 0.5) is 0 Å². The first-order valence-corrected chi connectivity index (χ1v) is 11.3. The third-order valence-corrected chi connectivity index (χ3v) is 5.87. The molecule has 0 unspecified atom stereocenters. The predicted molar refractivity (Wildman–Crippen MR) is 125 cm³/mol. The molecule has 2 fully saturated rings. The van der Waals surface area contributed by atoms with Crippen LogP contribution in [0.15, 0.2) is 58.5 Å². The summed E-state index contributed by atoms with van der Waals surface area (Å²) in [6.07, 6.45) is 16.3. The molecule has 1 radical (unpaired) electrons. The van der Waals surface area contributed by atoms with Crippen molar-refractivity contribution in [2.45, 2.75) is 76.3 Å². The van der Waals surface area contributed by atoms with Gasteiger partial charge >= 0.3 is 0 Å². The van der Waals surface area contributed by atoms with Crippen molar-refractivity contribution in [2.75, 3.05) is 0 Å². The molecule has 5 heteroatoms. The van der Waals surface area contributed by atoms with Gasteiger partial charge in [-0.05, 0) is 49.9 Å². The number of rotatable bonds is 4. The molecule has 2 N–H and O–H groups in total. The van der Waals surface area contributed by atoms with Gasteiger partial charge in [-0.1, -0.05) is 62.8 Å². The monoisotopic (exact) mass is 465 g/mol. The second-order valence-electron chi connectivity index (χ2n) is 8.26. The summed E-state index contributed by atoms with van der Waals surface area (Å²) in [5, 5.41) is 19.1. The molecule has 0 saturated heterocycles. The van der Waals surface area contributed by atoms with Crippen LogP contribution < -0.4 is 0 Å². The quantitative estimate of drug-likeness (QED) is 0.522. The van der Waals surface area contributed by atoms with Gasteiger partial charge in [0.2, 0.25) is 0 Å². The largest absolute Gasteiger partial charge is 0.507 e. The van der Waals surface area contributed by atoms with Crippen LogP contribution in [0.5, 0.6) is 11.5 Å². The molecule has 0 aromatic heterocycles. The van der Waals surface area contributed by atoms with Crippen LogP contribution in [0.1, 0.15) is 75.3 Å². The maximum atomic E-state index is 9.55. The van der Waals surface area contributed by atoms with Gasteiger partial charge in [0.15, 0.2) is 0 Å². The van der Waals surface area contributed by atoms with Gasteiger partial charge in [-0.2, -0.15) is 0 Å². The van der Waals surface area contributed by atoms with Crippen molar-refractivity contribution in [1.82, 2.24) is 0 Å².